The van der Waals surface area contributed by atoms with Gasteiger partial charge in [0.1, 0.15) is 5.75 Å². The summed E-state index contributed by atoms with van der Waals surface area (Å²) in [6.45, 7) is 4.28. The zero-order valence-corrected chi connectivity index (χ0v) is 9.00. The maximum absolute atomic E-state index is 5.90. The molecule has 0 atom stereocenters. The average Bonchev–Trinajstić information content (AvgIpc) is 2.13. The second-order valence-electron chi connectivity index (χ2n) is 3.85. The Balaban J connectivity index is 3.14. The van der Waals surface area contributed by atoms with Crippen LogP contribution in [0.4, 0.5) is 11.4 Å². The van der Waals surface area contributed by atoms with Crippen LogP contribution in [0.5, 0.6) is 5.75 Å². The molecule has 0 aromatic heterocycles. The lowest BCUT2D eigenvalue weighted by molar-refractivity contribution is 0.407. The third-order valence-corrected chi connectivity index (χ3v) is 2.18. The van der Waals surface area contributed by atoms with Gasteiger partial charge in [-0.25, -0.2) is 0 Å². The summed E-state index contributed by atoms with van der Waals surface area (Å²) in [5, 5.41) is 0. The predicted octanol–water partition coefficient (Wildman–Crippen LogP) is 2.06. The summed E-state index contributed by atoms with van der Waals surface area (Å²) in [6.07, 6.45) is 0.889. The molecule has 0 spiro atoms. The average molecular weight is 194 g/mol. The van der Waals surface area contributed by atoms with Crippen LogP contribution < -0.4 is 16.2 Å². The first-order valence-corrected chi connectivity index (χ1v) is 4.77. The number of hydrogen-bond acceptors (Lipinski definition) is 3. The maximum atomic E-state index is 5.90. The van der Waals surface area contributed by atoms with Gasteiger partial charge in [-0.15, -0.1) is 0 Å². The minimum atomic E-state index is 0.535. The minimum Gasteiger partial charge on any atom is -0.496 e. The van der Waals surface area contributed by atoms with Crippen molar-refractivity contribution in [1.29, 1.82) is 0 Å². The molecule has 0 radical (unpaired) electrons. The van der Waals surface area contributed by atoms with Crippen LogP contribution in [-0.4, -0.2) is 7.11 Å². The van der Waals surface area contributed by atoms with Gasteiger partial charge in [-0.2, -0.15) is 0 Å². The van der Waals surface area contributed by atoms with Crippen molar-refractivity contribution in [2.24, 2.45) is 5.92 Å². The molecule has 3 nitrogen and oxygen atoms in total. The third-order valence-electron chi connectivity index (χ3n) is 2.18. The van der Waals surface area contributed by atoms with Crippen molar-refractivity contribution < 1.29 is 4.74 Å². The van der Waals surface area contributed by atoms with Crippen LogP contribution in [0.1, 0.15) is 19.4 Å². The zero-order valence-electron chi connectivity index (χ0n) is 9.00. The summed E-state index contributed by atoms with van der Waals surface area (Å²) in [7, 11) is 1.65. The molecule has 0 heterocycles. The molecular weight excluding hydrogens is 176 g/mol. The molecule has 0 aliphatic rings. The van der Waals surface area contributed by atoms with Gasteiger partial charge >= 0.3 is 0 Å². The lowest BCUT2D eigenvalue weighted by Gasteiger charge is -2.14. The molecule has 1 rings (SSSR count). The molecule has 0 aliphatic carbocycles. The third kappa shape index (κ3) is 2.10. The first-order chi connectivity index (χ1) is 6.56. The molecule has 0 amide bonds. The number of methoxy groups -OCH3 is 1. The van der Waals surface area contributed by atoms with E-state index in [1.165, 1.54) is 0 Å². The van der Waals surface area contributed by atoms with E-state index in [0.717, 1.165) is 17.7 Å². The Kier molecular flexibility index (Phi) is 3.23. The van der Waals surface area contributed by atoms with Crippen molar-refractivity contribution in [2.45, 2.75) is 20.3 Å². The van der Waals surface area contributed by atoms with Crippen LogP contribution in [0.15, 0.2) is 12.1 Å². The van der Waals surface area contributed by atoms with Crippen molar-refractivity contribution in [1.82, 2.24) is 0 Å². The molecule has 0 saturated carbocycles. The number of nitrogens with two attached hydrogens (primary N) is 2. The Morgan fingerprint density at radius 1 is 1.29 bits per heavy atom. The second kappa shape index (κ2) is 4.22. The number of benzene rings is 1. The van der Waals surface area contributed by atoms with Crippen LogP contribution >= 0.6 is 0 Å². The molecule has 0 saturated heterocycles. The Bertz CT molecular complexity index is 321. The van der Waals surface area contributed by atoms with Gasteiger partial charge in [0.05, 0.1) is 18.5 Å². The molecule has 0 fully saturated rings. The van der Waals surface area contributed by atoms with Gasteiger partial charge in [-0.3, -0.25) is 0 Å². The van der Waals surface area contributed by atoms with Crippen molar-refractivity contribution >= 4 is 11.4 Å². The van der Waals surface area contributed by atoms with Crippen LogP contribution in [0.2, 0.25) is 0 Å². The first-order valence-electron chi connectivity index (χ1n) is 4.77. The Hall–Kier alpha value is -1.38. The van der Waals surface area contributed by atoms with E-state index < -0.39 is 0 Å². The van der Waals surface area contributed by atoms with E-state index in [1.54, 1.807) is 13.2 Å². The summed E-state index contributed by atoms with van der Waals surface area (Å²) >= 11 is 0. The highest BCUT2D eigenvalue weighted by atomic mass is 16.5. The van der Waals surface area contributed by atoms with Crippen molar-refractivity contribution in [3.05, 3.63) is 17.7 Å². The minimum absolute atomic E-state index is 0.535. The van der Waals surface area contributed by atoms with Gasteiger partial charge in [0.25, 0.3) is 0 Å². The van der Waals surface area contributed by atoms with Crippen molar-refractivity contribution in [3.63, 3.8) is 0 Å². The van der Waals surface area contributed by atoms with E-state index in [9.17, 15) is 0 Å². The fourth-order valence-corrected chi connectivity index (χ4v) is 1.47. The monoisotopic (exact) mass is 194 g/mol. The van der Waals surface area contributed by atoms with Crippen LogP contribution in [0.3, 0.4) is 0 Å². The van der Waals surface area contributed by atoms with Gasteiger partial charge in [0.15, 0.2) is 0 Å². The Morgan fingerprint density at radius 3 is 2.43 bits per heavy atom. The topological polar surface area (TPSA) is 61.3 Å². The largest absolute Gasteiger partial charge is 0.496 e. The van der Waals surface area contributed by atoms with Crippen LogP contribution in [0.25, 0.3) is 0 Å². The quantitative estimate of drug-likeness (QED) is 0.724. The predicted molar refractivity (Wildman–Crippen MR) is 60.4 cm³/mol. The number of anilines is 2. The molecule has 0 aliphatic heterocycles. The van der Waals surface area contributed by atoms with E-state index in [4.69, 9.17) is 16.2 Å². The van der Waals surface area contributed by atoms with Gasteiger partial charge in [-0.05, 0) is 24.5 Å². The summed E-state index contributed by atoms with van der Waals surface area (Å²) in [5.41, 5.74) is 13.9. The Labute approximate surface area is 85.0 Å². The number of nitrogen functional groups attached to an aromatic ring is 2. The maximum Gasteiger partial charge on any atom is 0.124 e. The Morgan fingerprint density at radius 2 is 1.93 bits per heavy atom. The fraction of sp³-hybridized carbons (Fsp3) is 0.455. The standard InChI is InChI=1S/C11H18N2O/c1-7(2)6-8-10(14-3)5-4-9(12)11(8)13/h4-5,7H,6,12-13H2,1-3H3. The van der Waals surface area contributed by atoms with Gasteiger partial charge in [0, 0.05) is 5.56 Å². The summed E-state index contributed by atoms with van der Waals surface area (Å²) in [6, 6.07) is 3.64. The zero-order chi connectivity index (χ0) is 10.7. The normalized spacial score (nSPS) is 10.6. The highest BCUT2D eigenvalue weighted by Gasteiger charge is 2.11. The van der Waals surface area contributed by atoms with Gasteiger partial charge in [0.2, 0.25) is 0 Å². The number of rotatable bonds is 3. The van der Waals surface area contributed by atoms with Crippen molar-refractivity contribution in [2.75, 3.05) is 18.6 Å². The molecule has 14 heavy (non-hydrogen) atoms. The second-order valence-corrected chi connectivity index (χ2v) is 3.85. The van der Waals surface area contributed by atoms with Crippen LogP contribution in [-0.2, 0) is 6.42 Å². The first kappa shape index (κ1) is 10.7. The molecule has 4 N–H and O–H groups in total. The molecule has 0 bridgehead atoms. The van der Waals surface area contributed by atoms with E-state index in [-0.39, 0.29) is 0 Å². The lowest BCUT2D eigenvalue weighted by Crippen LogP contribution is -2.05. The smallest absolute Gasteiger partial charge is 0.124 e. The van der Waals surface area contributed by atoms with Crippen molar-refractivity contribution in [3.8, 4) is 5.75 Å². The molecule has 1 aromatic carbocycles. The summed E-state index contributed by atoms with van der Waals surface area (Å²) < 4.78 is 5.25. The van der Waals surface area contributed by atoms with Gasteiger partial charge < -0.3 is 16.2 Å². The lowest BCUT2D eigenvalue weighted by atomic mass is 9.99. The van der Waals surface area contributed by atoms with Crippen LogP contribution in [0, 0.1) is 5.92 Å². The number of hydrogen-bond donors (Lipinski definition) is 2. The number of ether oxygens (including phenoxy) is 1. The SMILES string of the molecule is COc1ccc(N)c(N)c1CC(C)C. The van der Waals surface area contributed by atoms with E-state index in [2.05, 4.69) is 13.8 Å². The van der Waals surface area contributed by atoms with Gasteiger partial charge in [-0.1, -0.05) is 13.8 Å². The highest BCUT2D eigenvalue weighted by molar-refractivity contribution is 5.71. The summed E-state index contributed by atoms with van der Waals surface area (Å²) in [5.74, 6) is 1.36. The molecular formula is C11H18N2O. The van der Waals surface area contributed by atoms with E-state index >= 15 is 0 Å². The van der Waals surface area contributed by atoms with E-state index in [0.29, 0.717) is 17.3 Å². The molecule has 0 unspecified atom stereocenters. The molecule has 78 valence electrons. The van der Waals surface area contributed by atoms with E-state index in [1.807, 2.05) is 6.07 Å². The molecule has 3 heteroatoms. The highest BCUT2D eigenvalue weighted by Crippen LogP contribution is 2.31. The summed E-state index contributed by atoms with van der Waals surface area (Å²) in [4.78, 5) is 0. The molecule has 1 aromatic rings. The fourth-order valence-electron chi connectivity index (χ4n) is 1.47.